The minimum atomic E-state index is -0.956. The van der Waals surface area contributed by atoms with Crippen LogP contribution < -0.4 is 0 Å². The number of nitrogens with zero attached hydrogens (tertiary/aromatic N) is 3. The first-order valence-electron chi connectivity index (χ1n) is 9.12. The van der Waals surface area contributed by atoms with Gasteiger partial charge in [-0.2, -0.15) is 5.10 Å². The summed E-state index contributed by atoms with van der Waals surface area (Å²) in [6.45, 7) is 5.02. The summed E-state index contributed by atoms with van der Waals surface area (Å²) in [5, 5.41) is 13.9. The van der Waals surface area contributed by atoms with Gasteiger partial charge in [-0.05, 0) is 44.0 Å². The average molecular weight is 373 g/mol. The van der Waals surface area contributed by atoms with E-state index in [1.54, 1.807) is 17.0 Å². The third-order valence-corrected chi connectivity index (χ3v) is 5.13. The van der Waals surface area contributed by atoms with Crippen LogP contribution in [0.15, 0.2) is 30.3 Å². The standard InChI is InChI=1S/C20H24FN3O3/c1-13-9-14(2)24(22-13)8-4-7-19(25)23-11-17(18(12-23)20(26)27)15-5-3-6-16(21)10-15/h3,5-6,9-10,17-18H,4,7-8,11-12H2,1-2H3,(H,26,27)/t17-,18+/m1/s1. The predicted octanol–water partition coefficient (Wildman–Crippen LogP) is 2.75. The fourth-order valence-corrected chi connectivity index (χ4v) is 3.77. The van der Waals surface area contributed by atoms with Crippen LogP contribution in [0.5, 0.6) is 0 Å². The van der Waals surface area contributed by atoms with E-state index in [0.717, 1.165) is 11.4 Å². The van der Waals surface area contributed by atoms with Gasteiger partial charge in [0.05, 0.1) is 11.6 Å². The molecule has 2 aromatic rings. The van der Waals surface area contributed by atoms with Crippen molar-refractivity contribution in [2.45, 2.75) is 39.2 Å². The SMILES string of the molecule is Cc1cc(C)n(CCCC(=O)N2C[C@H](C(=O)O)[C@@H](c3cccc(F)c3)C2)n1. The number of halogens is 1. The molecule has 1 aromatic heterocycles. The molecule has 0 bridgehead atoms. The van der Waals surface area contributed by atoms with Gasteiger partial charge in [0.25, 0.3) is 0 Å². The molecule has 3 rings (SSSR count). The first-order chi connectivity index (χ1) is 12.8. The van der Waals surface area contributed by atoms with Crippen LogP contribution in [0.4, 0.5) is 4.39 Å². The molecule has 0 radical (unpaired) electrons. The maximum Gasteiger partial charge on any atom is 0.308 e. The van der Waals surface area contributed by atoms with Crippen molar-refractivity contribution >= 4 is 11.9 Å². The Hall–Kier alpha value is -2.70. The minimum Gasteiger partial charge on any atom is -0.481 e. The van der Waals surface area contributed by atoms with Crippen LogP contribution in [0, 0.1) is 25.6 Å². The second-order valence-corrected chi connectivity index (χ2v) is 7.16. The summed E-state index contributed by atoms with van der Waals surface area (Å²) in [5.41, 5.74) is 2.62. The number of aliphatic carboxylic acids is 1. The number of rotatable bonds is 6. The van der Waals surface area contributed by atoms with E-state index in [2.05, 4.69) is 5.10 Å². The van der Waals surface area contributed by atoms with Crippen molar-refractivity contribution in [2.24, 2.45) is 5.92 Å². The zero-order valence-corrected chi connectivity index (χ0v) is 15.6. The topological polar surface area (TPSA) is 75.4 Å². The lowest BCUT2D eigenvalue weighted by molar-refractivity contribution is -0.141. The van der Waals surface area contributed by atoms with Crippen molar-refractivity contribution in [1.82, 2.24) is 14.7 Å². The predicted molar refractivity (Wildman–Crippen MR) is 97.8 cm³/mol. The zero-order valence-electron chi connectivity index (χ0n) is 15.6. The molecule has 0 saturated carbocycles. The molecular weight excluding hydrogens is 349 g/mol. The van der Waals surface area contributed by atoms with Gasteiger partial charge in [0.1, 0.15) is 5.82 Å². The van der Waals surface area contributed by atoms with Crippen LogP contribution in [0.25, 0.3) is 0 Å². The molecular formula is C20H24FN3O3. The molecule has 7 heteroatoms. The maximum absolute atomic E-state index is 13.5. The molecule has 1 aliphatic rings. The van der Waals surface area contributed by atoms with Gasteiger partial charge in [0, 0.05) is 37.7 Å². The van der Waals surface area contributed by atoms with Crippen LogP contribution in [0.3, 0.4) is 0 Å². The van der Waals surface area contributed by atoms with E-state index in [1.807, 2.05) is 24.6 Å². The second kappa shape index (κ2) is 7.90. The van der Waals surface area contributed by atoms with Crippen LogP contribution >= 0.6 is 0 Å². The summed E-state index contributed by atoms with van der Waals surface area (Å²) < 4.78 is 15.4. The lowest BCUT2D eigenvalue weighted by atomic mass is 9.89. The largest absolute Gasteiger partial charge is 0.481 e. The fraction of sp³-hybridized carbons (Fsp3) is 0.450. The van der Waals surface area contributed by atoms with Crippen molar-refractivity contribution < 1.29 is 19.1 Å². The smallest absolute Gasteiger partial charge is 0.308 e. The van der Waals surface area contributed by atoms with Crippen molar-refractivity contribution in [1.29, 1.82) is 0 Å². The molecule has 0 aliphatic carbocycles. The van der Waals surface area contributed by atoms with Crippen molar-refractivity contribution in [3.8, 4) is 0 Å². The Morgan fingerprint density at radius 1 is 1.26 bits per heavy atom. The molecule has 2 heterocycles. The number of carboxylic acid groups (broad SMARTS) is 1. The van der Waals surface area contributed by atoms with Gasteiger partial charge in [-0.3, -0.25) is 14.3 Å². The number of hydrogen-bond acceptors (Lipinski definition) is 3. The van der Waals surface area contributed by atoms with Crippen LogP contribution in [-0.4, -0.2) is 44.8 Å². The third kappa shape index (κ3) is 4.35. The number of amides is 1. The van der Waals surface area contributed by atoms with Crippen molar-refractivity contribution in [2.75, 3.05) is 13.1 Å². The fourth-order valence-electron chi connectivity index (χ4n) is 3.77. The van der Waals surface area contributed by atoms with Crippen molar-refractivity contribution in [3.05, 3.63) is 53.1 Å². The van der Waals surface area contributed by atoms with Gasteiger partial charge in [-0.1, -0.05) is 12.1 Å². The molecule has 1 amide bonds. The lowest BCUT2D eigenvalue weighted by Crippen LogP contribution is -2.29. The maximum atomic E-state index is 13.5. The van der Waals surface area contributed by atoms with E-state index in [1.165, 1.54) is 12.1 Å². The number of carbonyl (C=O) groups is 2. The number of benzene rings is 1. The highest BCUT2D eigenvalue weighted by Crippen LogP contribution is 2.33. The molecule has 1 N–H and O–H groups in total. The highest BCUT2D eigenvalue weighted by molar-refractivity contribution is 5.79. The van der Waals surface area contributed by atoms with Crippen molar-refractivity contribution in [3.63, 3.8) is 0 Å². The van der Waals surface area contributed by atoms with E-state index < -0.39 is 23.6 Å². The Morgan fingerprint density at radius 2 is 2.04 bits per heavy atom. The van der Waals surface area contributed by atoms with Gasteiger partial charge >= 0.3 is 5.97 Å². The van der Waals surface area contributed by atoms with Gasteiger partial charge < -0.3 is 10.0 Å². The number of aryl methyl sites for hydroxylation is 3. The molecule has 1 aromatic carbocycles. The third-order valence-electron chi connectivity index (χ3n) is 5.13. The molecule has 1 fully saturated rings. The molecule has 144 valence electrons. The zero-order chi connectivity index (χ0) is 19.6. The quantitative estimate of drug-likeness (QED) is 0.845. The summed E-state index contributed by atoms with van der Waals surface area (Å²) in [5.74, 6) is -2.53. The number of carboxylic acids is 1. The monoisotopic (exact) mass is 373 g/mol. The Morgan fingerprint density at radius 3 is 2.67 bits per heavy atom. The summed E-state index contributed by atoms with van der Waals surface area (Å²) in [4.78, 5) is 25.8. The Bertz CT molecular complexity index is 849. The van der Waals surface area contributed by atoms with E-state index in [0.29, 0.717) is 31.5 Å². The Balaban J connectivity index is 1.62. The molecule has 27 heavy (non-hydrogen) atoms. The highest BCUT2D eigenvalue weighted by atomic mass is 19.1. The summed E-state index contributed by atoms with van der Waals surface area (Å²) in [7, 11) is 0. The molecule has 6 nitrogen and oxygen atoms in total. The second-order valence-electron chi connectivity index (χ2n) is 7.16. The molecule has 1 saturated heterocycles. The first-order valence-corrected chi connectivity index (χ1v) is 9.12. The molecule has 0 unspecified atom stereocenters. The van der Waals surface area contributed by atoms with Gasteiger partial charge in [-0.25, -0.2) is 4.39 Å². The van der Waals surface area contributed by atoms with E-state index in [9.17, 15) is 19.1 Å². The van der Waals surface area contributed by atoms with Gasteiger partial charge in [0.2, 0.25) is 5.91 Å². The molecule has 0 spiro atoms. The number of hydrogen-bond donors (Lipinski definition) is 1. The van der Waals surface area contributed by atoms with E-state index in [-0.39, 0.29) is 12.5 Å². The van der Waals surface area contributed by atoms with Gasteiger partial charge in [-0.15, -0.1) is 0 Å². The molecule has 1 aliphatic heterocycles. The Kier molecular flexibility index (Phi) is 5.58. The Labute approximate surface area is 157 Å². The summed E-state index contributed by atoms with van der Waals surface area (Å²) >= 11 is 0. The highest BCUT2D eigenvalue weighted by Gasteiger charge is 2.40. The van der Waals surface area contributed by atoms with Crippen LogP contribution in [-0.2, 0) is 16.1 Å². The van der Waals surface area contributed by atoms with Crippen LogP contribution in [0.1, 0.15) is 35.7 Å². The normalized spacial score (nSPS) is 19.4. The first kappa shape index (κ1) is 19.1. The summed E-state index contributed by atoms with van der Waals surface area (Å²) in [6, 6.07) is 7.97. The average Bonchev–Trinajstić information content (AvgIpc) is 3.18. The number of aromatic nitrogens is 2. The summed E-state index contributed by atoms with van der Waals surface area (Å²) in [6.07, 6.45) is 0.972. The van der Waals surface area contributed by atoms with Gasteiger partial charge in [0.15, 0.2) is 0 Å². The number of likely N-dealkylation sites (tertiary alicyclic amines) is 1. The lowest BCUT2D eigenvalue weighted by Gasteiger charge is -2.17. The van der Waals surface area contributed by atoms with E-state index in [4.69, 9.17) is 0 Å². The number of carbonyl (C=O) groups excluding carboxylic acids is 1. The van der Waals surface area contributed by atoms with Crippen LogP contribution in [0.2, 0.25) is 0 Å². The molecule has 2 atom stereocenters. The van der Waals surface area contributed by atoms with E-state index >= 15 is 0 Å². The minimum absolute atomic E-state index is 0.0679.